The van der Waals surface area contributed by atoms with Gasteiger partial charge in [0.05, 0.1) is 0 Å². The molecule has 0 aliphatic heterocycles. The van der Waals surface area contributed by atoms with E-state index in [0.29, 0.717) is 5.92 Å². The molecule has 2 aromatic rings. The summed E-state index contributed by atoms with van der Waals surface area (Å²) in [6, 6.07) is 9.03. The van der Waals surface area contributed by atoms with Crippen molar-refractivity contribution in [1.29, 1.82) is 0 Å². The molecule has 1 fully saturated rings. The summed E-state index contributed by atoms with van der Waals surface area (Å²) in [5.74, 6) is 1.62. The number of allylic oxidation sites excluding steroid dienone is 1. The number of nitrogens with zero attached hydrogens (tertiary/aromatic N) is 2. The van der Waals surface area contributed by atoms with Gasteiger partial charge in [0, 0.05) is 24.0 Å². The number of aryl methyl sites for hydroxylation is 1. The molecule has 1 aromatic carbocycles. The Bertz CT molecular complexity index is 912. The minimum absolute atomic E-state index is 0.706. The van der Waals surface area contributed by atoms with Gasteiger partial charge < -0.3 is 5.11 Å². The standard InChI is InChI=1S/C33H48N2O2/c1-2-3-11-15-28-25-34-33(35-26-28)31-23-21-30(22-24-31)29-19-17-27(18-20-29)14-12-9-7-5-4-6-8-10-13-16-32(36)37/h13,16,21-27,29H,2-12,14-15,17-20H2,1H3,(H,36,37)/b16-13+. The van der Waals surface area contributed by atoms with Crippen molar-refractivity contribution in [2.24, 2.45) is 5.92 Å². The molecule has 1 N–H and O–H groups in total. The van der Waals surface area contributed by atoms with E-state index >= 15 is 0 Å². The van der Waals surface area contributed by atoms with Gasteiger partial charge in [-0.15, -0.1) is 0 Å². The predicted octanol–water partition coefficient (Wildman–Crippen LogP) is 9.30. The number of carboxylic acids is 1. The molecule has 0 radical (unpaired) electrons. The quantitative estimate of drug-likeness (QED) is 0.172. The molecular weight excluding hydrogens is 456 g/mol. The largest absolute Gasteiger partial charge is 0.478 e. The van der Waals surface area contributed by atoms with Crippen molar-refractivity contribution in [2.45, 2.75) is 122 Å². The van der Waals surface area contributed by atoms with Gasteiger partial charge in [-0.05, 0) is 74.3 Å². The number of carboxylic acid groups (broad SMARTS) is 1. The maximum Gasteiger partial charge on any atom is 0.327 e. The van der Waals surface area contributed by atoms with Crippen LogP contribution < -0.4 is 0 Å². The SMILES string of the molecule is CCCCCc1cnc(-c2ccc(C3CCC(CCCCCCCCC/C=C/C(=O)O)CC3)cc2)nc1. The second-order valence-corrected chi connectivity index (χ2v) is 11.0. The number of hydrogen-bond acceptors (Lipinski definition) is 3. The van der Waals surface area contributed by atoms with Crippen LogP contribution in [0, 0.1) is 5.92 Å². The minimum Gasteiger partial charge on any atom is -0.478 e. The highest BCUT2D eigenvalue weighted by Crippen LogP contribution is 2.38. The zero-order chi connectivity index (χ0) is 26.1. The van der Waals surface area contributed by atoms with Crippen LogP contribution in [0.4, 0.5) is 0 Å². The van der Waals surface area contributed by atoms with Crippen molar-refractivity contribution in [3.63, 3.8) is 0 Å². The van der Waals surface area contributed by atoms with Crippen molar-refractivity contribution in [1.82, 2.24) is 9.97 Å². The van der Waals surface area contributed by atoms with Crippen molar-refractivity contribution >= 4 is 5.97 Å². The molecule has 0 unspecified atom stereocenters. The second-order valence-electron chi connectivity index (χ2n) is 11.0. The lowest BCUT2D eigenvalue weighted by Gasteiger charge is -2.29. The van der Waals surface area contributed by atoms with Gasteiger partial charge in [0.15, 0.2) is 5.82 Å². The number of rotatable bonds is 17. The molecule has 1 aromatic heterocycles. The monoisotopic (exact) mass is 504 g/mol. The lowest BCUT2D eigenvalue weighted by atomic mass is 9.77. The van der Waals surface area contributed by atoms with E-state index < -0.39 is 5.97 Å². The normalized spacial score (nSPS) is 17.9. The first-order valence-corrected chi connectivity index (χ1v) is 15.0. The topological polar surface area (TPSA) is 63.1 Å². The molecule has 1 saturated carbocycles. The highest BCUT2D eigenvalue weighted by Gasteiger charge is 2.22. The van der Waals surface area contributed by atoms with Crippen LogP contribution >= 0.6 is 0 Å². The molecule has 1 aliphatic carbocycles. The number of carbonyl (C=O) groups is 1. The van der Waals surface area contributed by atoms with Crippen LogP contribution in [0.25, 0.3) is 11.4 Å². The number of unbranched alkanes of at least 4 members (excludes halogenated alkanes) is 9. The molecule has 1 aliphatic rings. The van der Waals surface area contributed by atoms with Crippen LogP contribution in [0.2, 0.25) is 0 Å². The van der Waals surface area contributed by atoms with E-state index in [-0.39, 0.29) is 0 Å². The van der Waals surface area contributed by atoms with Crippen LogP contribution in [-0.2, 0) is 11.2 Å². The Morgan fingerprint density at radius 1 is 0.865 bits per heavy atom. The average Bonchev–Trinajstić information content (AvgIpc) is 2.92. The number of aliphatic carboxylic acids is 1. The lowest BCUT2D eigenvalue weighted by molar-refractivity contribution is -0.131. The first-order valence-electron chi connectivity index (χ1n) is 15.0. The average molecular weight is 505 g/mol. The zero-order valence-electron chi connectivity index (χ0n) is 23.0. The minimum atomic E-state index is -0.840. The Labute approximate surface area is 225 Å². The molecule has 37 heavy (non-hydrogen) atoms. The van der Waals surface area contributed by atoms with E-state index in [1.807, 2.05) is 12.4 Å². The summed E-state index contributed by atoms with van der Waals surface area (Å²) in [4.78, 5) is 19.7. The summed E-state index contributed by atoms with van der Waals surface area (Å²) in [6.07, 6.45) is 28.5. The van der Waals surface area contributed by atoms with Crippen molar-refractivity contribution in [3.05, 3.63) is 59.9 Å². The van der Waals surface area contributed by atoms with Gasteiger partial charge in [-0.1, -0.05) is 95.1 Å². The highest BCUT2D eigenvalue weighted by molar-refractivity contribution is 5.79. The summed E-state index contributed by atoms with van der Waals surface area (Å²) < 4.78 is 0. The summed E-state index contributed by atoms with van der Waals surface area (Å²) in [5, 5.41) is 8.58. The van der Waals surface area contributed by atoms with Gasteiger partial charge in [-0.2, -0.15) is 0 Å². The van der Waals surface area contributed by atoms with Crippen LogP contribution in [0.15, 0.2) is 48.8 Å². The maximum absolute atomic E-state index is 10.4. The van der Waals surface area contributed by atoms with Crippen LogP contribution in [0.3, 0.4) is 0 Å². The Morgan fingerprint density at radius 2 is 1.51 bits per heavy atom. The van der Waals surface area contributed by atoms with Crippen LogP contribution in [0.5, 0.6) is 0 Å². The van der Waals surface area contributed by atoms with Gasteiger partial charge in [-0.3, -0.25) is 0 Å². The fourth-order valence-corrected chi connectivity index (χ4v) is 5.66. The first-order chi connectivity index (χ1) is 18.2. The molecule has 4 nitrogen and oxygen atoms in total. The molecule has 1 heterocycles. The second kappa shape index (κ2) is 17.1. The first kappa shape index (κ1) is 29.1. The molecular formula is C33H48N2O2. The summed E-state index contributed by atoms with van der Waals surface area (Å²) in [5.41, 5.74) is 3.84. The molecule has 0 bridgehead atoms. The Hall–Kier alpha value is -2.49. The van der Waals surface area contributed by atoms with Gasteiger partial charge in [0.25, 0.3) is 0 Å². The molecule has 0 saturated heterocycles. The van der Waals surface area contributed by atoms with Gasteiger partial charge in [0.2, 0.25) is 0 Å². The fraction of sp³-hybridized carbons (Fsp3) is 0.606. The van der Waals surface area contributed by atoms with E-state index in [0.717, 1.165) is 36.6 Å². The van der Waals surface area contributed by atoms with E-state index in [4.69, 9.17) is 5.11 Å². The summed E-state index contributed by atoms with van der Waals surface area (Å²) >= 11 is 0. The van der Waals surface area contributed by atoms with Gasteiger partial charge in [0.1, 0.15) is 0 Å². The fourth-order valence-electron chi connectivity index (χ4n) is 5.66. The molecule has 0 spiro atoms. The Kier molecular flexibility index (Phi) is 13.4. The predicted molar refractivity (Wildman–Crippen MR) is 154 cm³/mol. The number of hydrogen-bond donors (Lipinski definition) is 1. The molecule has 3 rings (SSSR count). The molecule has 0 atom stereocenters. The summed E-state index contributed by atoms with van der Waals surface area (Å²) in [6.45, 7) is 2.23. The molecule has 0 amide bonds. The van der Waals surface area contributed by atoms with E-state index in [1.54, 1.807) is 6.08 Å². The maximum atomic E-state index is 10.4. The molecule has 4 heteroatoms. The van der Waals surface area contributed by atoms with Crippen LogP contribution in [-0.4, -0.2) is 21.0 Å². The smallest absolute Gasteiger partial charge is 0.327 e. The number of aromatic nitrogens is 2. The van der Waals surface area contributed by atoms with E-state index in [2.05, 4.69) is 41.2 Å². The van der Waals surface area contributed by atoms with Gasteiger partial charge in [-0.25, -0.2) is 14.8 Å². The highest BCUT2D eigenvalue weighted by atomic mass is 16.4. The summed E-state index contributed by atoms with van der Waals surface area (Å²) in [7, 11) is 0. The Morgan fingerprint density at radius 3 is 2.16 bits per heavy atom. The van der Waals surface area contributed by atoms with Crippen molar-refractivity contribution < 1.29 is 9.90 Å². The third-order valence-corrected chi connectivity index (χ3v) is 8.00. The third kappa shape index (κ3) is 11.2. The van der Waals surface area contributed by atoms with Gasteiger partial charge >= 0.3 is 5.97 Å². The van der Waals surface area contributed by atoms with Crippen molar-refractivity contribution in [3.8, 4) is 11.4 Å². The lowest BCUT2D eigenvalue weighted by Crippen LogP contribution is -2.13. The van der Waals surface area contributed by atoms with E-state index in [9.17, 15) is 4.79 Å². The molecule has 202 valence electrons. The van der Waals surface area contributed by atoms with Crippen LogP contribution in [0.1, 0.15) is 127 Å². The number of benzene rings is 1. The Balaban J connectivity index is 1.27. The van der Waals surface area contributed by atoms with Crippen molar-refractivity contribution in [2.75, 3.05) is 0 Å². The third-order valence-electron chi connectivity index (χ3n) is 8.00. The zero-order valence-corrected chi connectivity index (χ0v) is 23.0. The van der Waals surface area contributed by atoms with E-state index in [1.165, 1.54) is 107 Å².